The highest BCUT2D eigenvalue weighted by molar-refractivity contribution is 5.97. The van der Waals surface area contributed by atoms with Gasteiger partial charge in [-0.25, -0.2) is 0 Å². The molecule has 0 aliphatic carbocycles. The summed E-state index contributed by atoms with van der Waals surface area (Å²) in [6, 6.07) is 13.9. The van der Waals surface area contributed by atoms with Crippen LogP contribution in [0.1, 0.15) is 18.1 Å². The van der Waals surface area contributed by atoms with E-state index < -0.39 is 0 Å². The van der Waals surface area contributed by atoms with Crippen LogP contribution in [0.25, 0.3) is 10.9 Å². The molecule has 3 rings (SSSR count). The number of ether oxygens (including phenoxy) is 1. The van der Waals surface area contributed by atoms with Gasteiger partial charge in [-0.05, 0) is 55.3 Å². The Balaban J connectivity index is 1.88. The first-order chi connectivity index (χ1) is 11.6. The van der Waals surface area contributed by atoms with E-state index >= 15 is 0 Å². The average Bonchev–Trinajstić information content (AvgIpc) is 2.97. The molecule has 1 amide bonds. The monoisotopic (exact) mass is 322 g/mol. The van der Waals surface area contributed by atoms with Gasteiger partial charge in [0.1, 0.15) is 5.75 Å². The van der Waals surface area contributed by atoms with Gasteiger partial charge in [-0.3, -0.25) is 4.79 Å². The molecule has 0 bridgehead atoms. The van der Waals surface area contributed by atoms with Gasteiger partial charge >= 0.3 is 0 Å². The number of likely N-dealkylation sites (N-methyl/N-ethyl adjacent to an activating group) is 1. The zero-order valence-electron chi connectivity index (χ0n) is 14.3. The van der Waals surface area contributed by atoms with Gasteiger partial charge in [0, 0.05) is 29.3 Å². The summed E-state index contributed by atoms with van der Waals surface area (Å²) in [7, 11) is 1.65. The number of methoxy groups -OCH3 is 1. The predicted octanol–water partition coefficient (Wildman–Crippen LogP) is 4.08. The summed E-state index contributed by atoms with van der Waals surface area (Å²) in [5, 5.41) is 1.03. The molecule has 124 valence electrons. The van der Waals surface area contributed by atoms with Gasteiger partial charge in [0.05, 0.1) is 13.5 Å². The predicted molar refractivity (Wildman–Crippen MR) is 97.8 cm³/mol. The van der Waals surface area contributed by atoms with E-state index in [0.717, 1.165) is 33.5 Å². The van der Waals surface area contributed by atoms with Gasteiger partial charge in [0.15, 0.2) is 0 Å². The maximum Gasteiger partial charge on any atom is 0.231 e. The van der Waals surface area contributed by atoms with Crippen LogP contribution in [0, 0.1) is 6.92 Å². The number of carbonyl (C=O) groups is 1. The molecule has 1 heterocycles. The zero-order chi connectivity index (χ0) is 17.1. The molecule has 1 aromatic heterocycles. The maximum absolute atomic E-state index is 12.8. The second-order valence-corrected chi connectivity index (χ2v) is 5.88. The number of carbonyl (C=O) groups excluding carboxylic acids is 1. The van der Waals surface area contributed by atoms with Crippen molar-refractivity contribution in [3.05, 3.63) is 59.8 Å². The van der Waals surface area contributed by atoms with E-state index in [-0.39, 0.29) is 5.91 Å². The molecule has 4 heteroatoms. The van der Waals surface area contributed by atoms with Crippen molar-refractivity contribution >= 4 is 22.5 Å². The summed E-state index contributed by atoms with van der Waals surface area (Å²) >= 11 is 0. The molecule has 0 radical (unpaired) electrons. The lowest BCUT2D eigenvalue weighted by Gasteiger charge is -2.21. The third-order valence-corrected chi connectivity index (χ3v) is 4.25. The van der Waals surface area contributed by atoms with Crippen LogP contribution >= 0.6 is 0 Å². The topological polar surface area (TPSA) is 45.3 Å². The molecule has 4 nitrogen and oxygen atoms in total. The normalized spacial score (nSPS) is 10.8. The summed E-state index contributed by atoms with van der Waals surface area (Å²) in [5.74, 6) is 0.883. The van der Waals surface area contributed by atoms with Crippen LogP contribution in [-0.4, -0.2) is 24.5 Å². The number of aromatic amines is 1. The number of hydrogen-bond donors (Lipinski definition) is 1. The first-order valence-electron chi connectivity index (χ1n) is 8.13. The zero-order valence-corrected chi connectivity index (χ0v) is 14.3. The van der Waals surface area contributed by atoms with Gasteiger partial charge in [0.2, 0.25) is 5.91 Å². The van der Waals surface area contributed by atoms with Gasteiger partial charge in [0.25, 0.3) is 0 Å². The highest BCUT2D eigenvalue weighted by atomic mass is 16.5. The van der Waals surface area contributed by atoms with E-state index in [1.54, 1.807) is 7.11 Å². The lowest BCUT2D eigenvalue weighted by atomic mass is 10.1. The summed E-state index contributed by atoms with van der Waals surface area (Å²) in [6.45, 7) is 4.68. The van der Waals surface area contributed by atoms with Crippen molar-refractivity contribution in [3.63, 3.8) is 0 Å². The standard InChI is InChI=1S/C20H22N2O2/c1-4-22(16-7-5-6-14(2)10-16)20(23)11-15-13-21-19-9-8-17(24-3)12-18(15)19/h5-10,12-13,21H,4,11H2,1-3H3. The number of rotatable bonds is 5. The SMILES string of the molecule is CCN(C(=O)Cc1c[nH]c2ccc(OC)cc12)c1cccc(C)c1. The number of aryl methyl sites for hydroxylation is 1. The fraction of sp³-hybridized carbons (Fsp3) is 0.250. The third kappa shape index (κ3) is 3.13. The van der Waals surface area contributed by atoms with E-state index in [1.807, 2.05) is 67.4 Å². The first kappa shape index (κ1) is 16.1. The van der Waals surface area contributed by atoms with Gasteiger partial charge in [-0.15, -0.1) is 0 Å². The van der Waals surface area contributed by atoms with Crippen molar-refractivity contribution in [1.82, 2.24) is 4.98 Å². The number of amides is 1. The molecular formula is C20H22N2O2. The average molecular weight is 322 g/mol. The van der Waals surface area contributed by atoms with Crippen LogP contribution in [0.5, 0.6) is 5.75 Å². The second-order valence-electron chi connectivity index (χ2n) is 5.88. The fourth-order valence-electron chi connectivity index (χ4n) is 2.99. The quantitative estimate of drug-likeness (QED) is 0.769. The Hall–Kier alpha value is -2.75. The summed E-state index contributed by atoms with van der Waals surface area (Å²) in [6.07, 6.45) is 2.26. The molecule has 3 aromatic rings. The molecule has 0 aliphatic heterocycles. The number of nitrogens with one attached hydrogen (secondary N) is 1. The van der Waals surface area contributed by atoms with Crippen molar-refractivity contribution in [2.75, 3.05) is 18.6 Å². The Kier molecular flexibility index (Phi) is 4.56. The number of H-pyrrole nitrogens is 1. The molecule has 0 fully saturated rings. The minimum atomic E-state index is 0.0896. The van der Waals surface area contributed by atoms with E-state index in [2.05, 4.69) is 4.98 Å². The molecular weight excluding hydrogens is 300 g/mol. The summed E-state index contributed by atoms with van der Waals surface area (Å²) < 4.78 is 5.29. The van der Waals surface area contributed by atoms with E-state index in [0.29, 0.717) is 13.0 Å². The highest BCUT2D eigenvalue weighted by Crippen LogP contribution is 2.25. The van der Waals surface area contributed by atoms with E-state index in [4.69, 9.17) is 4.74 Å². The summed E-state index contributed by atoms with van der Waals surface area (Å²) in [4.78, 5) is 17.9. The molecule has 0 saturated heterocycles. The van der Waals surface area contributed by atoms with Crippen molar-refractivity contribution < 1.29 is 9.53 Å². The van der Waals surface area contributed by atoms with E-state index in [1.165, 1.54) is 0 Å². The Morgan fingerprint density at radius 3 is 2.75 bits per heavy atom. The Morgan fingerprint density at radius 1 is 1.21 bits per heavy atom. The van der Waals surface area contributed by atoms with Crippen LogP contribution < -0.4 is 9.64 Å². The first-order valence-corrected chi connectivity index (χ1v) is 8.13. The van der Waals surface area contributed by atoms with Gasteiger partial charge in [-0.2, -0.15) is 0 Å². The van der Waals surface area contributed by atoms with Crippen LogP contribution in [0.2, 0.25) is 0 Å². The maximum atomic E-state index is 12.8. The van der Waals surface area contributed by atoms with Gasteiger partial charge < -0.3 is 14.6 Å². The second kappa shape index (κ2) is 6.79. The number of benzene rings is 2. The Bertz CT molecular complexity index is 867. The molecule has 2 aromatic carbocycles. The number of anilines is 1. The van der Waals surface area contributed by atoms with Gasteiger partial charge in [-0.1, -0.05) is 12.1 Å². The van der Waals surface area contributed by atoms with Crippen LogP contribution in [0.3, 0.4) is 0 Å². The van der Waals surface area contributed by atoms with Crippen LogP contribution in [0.4, 0.5) is 5.69 Å². The number of aromatic nitrogens is 1. The summed E-state index contributed by atoms with van der Waals surface area (Å²) in [5.41, 5.74) is 4.09. The van der Waals surface area contributed by atoms with Crippen LogP contribution in [-0.2, 0) is 11.2 Å². The molecule has 0 aliphatic rings. The Labute approximate surface area is 142 Å². The third-order valence-electron chi connectivity index (χ3n) is 4.25. The lowest BCUT2D eigenvalue weighted by molar-refractivity contribution is -0.117. The lowest BCUT2D eigenvalue weighted by Crippen LogP contribution is -2.31. The largest absolute Gasteiger partial charge is 0.497 e. The molecule has 1 N–H and O–H groups in total. The molecule has 0 saturated carbocycles. The highest BCUT2D eigenvalue weighted by Gasteiger charge is 2.16. The minimum Gasteiger partial charge on any atom is -0.497 e. The molecule has 0 spiro atoms. The number of fused-ring (bicyclic) bond motifs is 1. The fourth-order valence-corrected chi connectivity index (χ4v) is 2.99. The van der Waals surface area contributed by atoms with Crippen LogP contribution in [0.15, 0.2) is 48.7 Å². The van der Waals surface area contributed by atoms with E-state index in [9.17, 15) is 4.79 Å². The molecule has 24 heavy (non-hydrogen) atoms. The molecule has 0 atom stereocenters. The number of hydrogen-bond acceptors (Lipinski definition) is 2. The van der Waals surface area contributed by atoms with Crippen molar-refractivity contribution in [2.45, 2.75) is 20.3 Å². The molecule has 0 unspecified atom stereocenters. The number of nitrogens with zero attached hydrogens (tertiary/aromatic N) is 1. The van der Waals surface area contributed by atoms with Crippen molar-refractivity contribution in [1.29, 1.82) is 0 Å². The van der Waals surface area contributed by atoms with Crippen molar-refractivity contribution in [3.8, 4) is 5.75 Å². The van der Waals surface area contributed by atoms with Crippen molar-refractivity contribution in [2.24, 2.45) is 0 Å². The Morgan fingerprint density at radius 2 is 2.04 bits per heavy atom. The smallest absolute Gasteiger partial charge is 0.231 e. The minimum absolute atomic E-state index is 0.0896.